The fraction of sp³-hybridized carbons (Fsp3) is 0.136. The number of aryl methyl sites for hydroxylation is 1. The van der Waals surface area contributed by atoms with Gasteiger partial charge < -0.3 is 14.6 Å². The largest absolute Gasteiger partial charge is 0.437 e. The van der Waals surface area contributed by atoms with E-state index in [4.69, 9.17) is 4.74 Å². The topological polar surface area (TPSA) is 69.0 Å². The number of nitrogens with zero attached hydrogens (tertiary/aromatic N) is 3. The molecule has 28 heavy (non-hydrogen) atoms. The van der Waals surface area contributed by atoms with Crippen LogP contribution < -0.4 is 10.1 Å². The number of fused-ring (bicyclic) bond motifs is 1. The van der Waals surface area contributed by atoms with Gasteiger partial charge in [-0.05, 0) is 36.3 Å². The van der Waals surface area contributed by atoms with E-state index in [-0.39, 0.29) is 5.91 Å². The highest BCUT2D eigenvalue weighted by Gasteiger charge is 2.11. The third kappa shape index (κ3) is 4.01. The average molecular weight is 372 g/mol. The Morgan fingerprint density at radius 3 is 2.86 bits per heavy atom. The molecular weight excluding hydrogens is 352 g/mol. The minimum absolute atomic E-state index is 0.0483. The lowest BCUT2D eigenvalue weighted by molar-refractivity contribution is -0.119. The third-order valence-electron chi connectivity index (χ3n) is 4.42. The molecule has 2 heterocycles. The van der Waals surface area contributed by atoms with Crippen LogP contribution in [0.4, 0.5) is 0 Å². The zero-order valence-electron chi connectivity index (χ0n) is 15.5. The van der Waals surface area contributed by atoms with Crippen LogP contribution in [0.2, 0.25) is 0 Å². The van der Waals surface area contributed by atoms with Crippen LogP contribution in [-0.4, -0.2) is 20.4 Å². The van der Waals surface area contributed by atoms with E-state index < -0.39 is 0 Å². The second-order valence-corrected chi connectivity index (χ2v) is 6.49. The summed E-state index contributed by atoms with van der Waals surface area (Å²) in [6.07, 6.45) is 12.0. The number of amides is 1. The predicted molar refractivity (Wildman–Crippen MR) is 107 cm³/mol. The smallest absolute Gasteiger partial charge is 0.247 e. The molecule has 1 N–H and O–H groups in total. The van der Waals surface area contributed by atoms with Crippen LogP contribution in [0.5, 0.6) is 5.88 Å². The number of carbonyl (C=O) groups excluding carboxylic acids is 1. The van der Waals surface area contributed by atoms with Gasteiger partial charge >= 0.3 is 0 Å². The number of allylic oxidation sites excluding steroid dienone is 4. The van der Waals surface area contributed by atoms with E-state index in [1.165, 1.54) is 6.33 Å². The summed E-state index contributed by atoms with van der Waals surface area (Å²) in [6.45, 7) is 0. The molecule has 6 heteroatoms. The third-order valence-corrected chi connectivity index (χ3v) is 4.42. The molecule has 0 fully saturated rings. The highest BCUT2D eigenvalue weighted by molar-refractivity contribution is 5.81. The lowest BCUT2D eigenvalue weighted by Gasteiger charge is -2.07. The van der Waals surface area contributed by atoms with Crippen LogP contribution >= 0.6 is 0 Å². The molecule has 0 atom stereocenters. The van der Waals surface area contributed by atoms with Gasteiger partial charge in [0.05, 0.1) is 11.9 Å². The molecular formula is C22H20N4O2. The summed E-state index contributed by atoms with van der Waals surface area (Å²) in [5, 5.41) is 2.94. The number of aromatic nitrogens is 3. The summed E-state index contributed by atoms with van der Waals surface area (Å²) >= 11 is 0. The number of rotatable bonds is 5. The van der Waals surface area contributed by atoms with Crippen molar-refractivity contribution in [2.45, 2.75) is 12.8 Å². The van der Waals surface area contributed by atoms with Crippen LogP contribution in [0.15, 0.2) is 84.7 Å². The van der Waals surface area contributed by atoms with Crippen molar-refractivity contribution in [3.63, 3.8) is 0 Å². The minimum Gasteiger partial charge on any atom is -0.437 e. The Morgan fingerprint density at radius 1 is 1.14 bits per heavy atom. The van der Waals surface area contributed by atoms with Crippen LogP contribution in [0.25, 0.3) is 11.0 Å². The van der Waals surface area contributed by atoms with Crippen molar-refractivity contribution in [3.8, 4) is 5.88 Å². The maximum absolute atomic E-state index is 12.3. The molecule has 0 saturated heterocycles. The van der Waals surface area contributed by atoms with Crippen molar-refractivity contribution in [2.75, 3.05) is 0 Å². The number of ether oxygens (including phenoxy) is 1. The SMILES string of the molecule is Cn1ccc2ncnc(OC3=CCC=C(NC(=O)Cc4ccccc4)C=C3)c21. The van der Waals surface area contributed by atoms with E-state index in [0.717, 1.165) is 22.3 Å². The monoisotopic (exact) mass is 372 g/mol. The van der Waals surface area contributed by atoms with Crippen molar-refractivity contribution in [1.82, 2.24) is 19.9 Å². The van der Waals surface area contributed by atoms with Gasteiger partial charge in [-0.15, -0.1) is 0 Å². The van der Waals surface area contributed by atoms with E-state index in [2.05, 4.69) is 15.3 Å². The fourth-order valence-electron chi connectivity index (χ4n) is 3.04. The quantitative estimate of drug-likeness (QED) is 0.745. The van der Waals surface area contributed by atoms with Crippen molar-refractivity contribution in [3.05, 3.63) is 90.2 Å². The Balaban J connectivity index is 1.42. The summed E-state index contributed by atoms with van der Waals surface area (Å²) in [7, 11) is 1.93. The van der Waals surface area contributed by atoms with Crippen molar-refractivity contribution < 1.29 is 9.53 Å². The second kappa shape index (κ2) is 7.92. The normalized spacial score (nSPS) is 13.6. The molecule has 0 unspecified atom stereocenters. The summed E-state index contributed by atoms with van der Waals surface area (Å²) in [5.41, 5.74) is 3.40. The van der Waals surface area contributed by atoms with Gasteiger partial charge in [-0.25, -0.2) is 4.98 Å². The lowest BCUT2D eigenvalue weighted by atomic mass is 10.1. The Labute approximate surface area is 162 Å². The first-order chi connectivity index (χ1) is 13.7. The number of nitrogens with one attached hydrogen (secondary N) is 1. The van der Waals surface area contributed by atoms with Gasteiger partial charge in [0, 0.05) is 18.9 Å². The van der Waals surface area contributed by atoms with E-state index >= 15 is 0 Å². The first-order valence-corrected chi connectivity index (χ1v) is 9.05. The molecule has 1 amide bonds. The van der Waals surface area contributed by atoms with E-state index in [9.17, 15) is 4.79 Å². The van der Waals surface area contributed by atoms with Crippen molar-refractivity contribution >= 4 is 16.9 Å². The van der Waals surface area contributed by atoms with Crippen LogP contribution in [0.1, 0.15) is 12.0 Å². The molecule has 1 aliphatic rings. The zero-order chi connectivity index (χ0) is 19.3. The van der Waals surface area contributed by atoms with E-state index in [1.54, 1.807) is 0 Å². The first kappa shape index (κ1) is 17.7. The van der Waals surface area contributed by atoms with E-state index in [1.807, 2.05) is 78.5 Å². The molecule has 0 bridgehead atoms. The maximum Gasteiger partial charge on any atom is 0.247 e. The second-order valence-electron chi connectivity index (χ2n) is 6.49. The Hall–Kier alpha value is -3.67. The minimum atomic E-state index is -0.0483. The fourth-order valence-corrected chi connectivity index (χ4v) is 3.04. The molecule has 6 nitrogen and oxygen atoms in total. The van der Waals surface area contributed by atoms with Crippen LogP contribution in [0.3, 0.4) is 0 Å². The molecule has 3 aromatic rings. The number of hydrogen-bond donors (Lipinski definition) is 1. The molecule has 1 aromatic carbocycles. The summed E-state index contributed by atoms with van der Waals surface area (Å²) in [5.74, 6) is 1.13. The van der Waals surface area contributed by atoms with Gasteiger partial charge in [0.1, 0.15) is 17.6 Å². The van der Waals surface area contributed by atoms with Crippen molar-refractivity contribution in [1.29, 1.82) is 0 Å². The van der Waals surface area contributed by atoms with Gasteiger partial charge in [0.15, 0.2) is 0 Å². The zero-order valence-corrected chi connectivity index (χ0v) is 15.5. The molecule has 1 aliphatic carbocycles. The Morgan fingerprint density at radius 2 is 2.00 bits per heavy atom. The molecule has 2 aromatic heterocycles. The molecule has 0 spiro atoms. The molecule has 140 valence electrons. The Kier molecular flexibility index (Phi) is 5.01. The molecule has 0 radical (unpaired) electrons. The summed E-state index contributed by atoms with van der Waals surface area (Å²) < 4.78 is 7.92. The van der Waals surface area contributed by atoms with Gasteiger partial charge in [0.2, 0.25) is 11.8 Å². The van der Waals surface area contributed by atoms with Gasteiger partial charge in [-0.1, -0.05) is 36.4 Å². The standard InChI is InChI=1S/C22H20N4O2/c1-26-13-12-19-21(26)22(24-15-23-19)28-18-9-5-8-17(10-11-18)25-20(27)14-16-6-3-2-4-7-16/h2-4,6-13,15H,5,14H2,1H3,(H,25,27). The first-order valence-electron chi connectivity index (χ1n) is 9.05. The predicted octanol–water partition coefficient (Wildman–Crippen LogP) is 3.43. The van der Waals surface area contributed by atoms with Crippen molar-refractivity contribution in [2.24, 2.45) is 7.05 Å². The lowest BCUT2D eigenvalue weighted by Crippen LogP contribution is -2.23. The van der Waals surface area contributed by atoms with E-state index in [0.29, 0.717) is 24.5 Å². The molecule has 0 saturated carbocycles. The highest BCUT2D eigenvalue weighted by Crippen LogP contribution is 2.24. The van der Waals surface area contributed by atoms with Crippen LogP contribution in [-0.2, 0) is 18.3 Å². The number of carbonyl (C=O) groups is 1. The Bertz CT molecular complexity index is 1090. The van der Waals surface area contributed by atoms with Gasteiger partial charge in [-0.2, -0.15) is 4.98 Å². The summed E-state index contributed by atoms with van der Waals surface area (Å²) in [4.78, 5) is 20.8. The number of benzene rings is 1. The van der Waals surface area contributed by atoms with Crippen LogP contribution in [0, 0.1) is 0 Å². The molecule has 0 aliphatic heterocycles. The molecule has 4 rings (SSSR count). The van der Waals surface area contributed by atoms with Gasteiger partial charge in [-0.3, -0.25) is 4.79 Å². The van der Waals surface area contributed by atoms with Gasteiger partial charge in [0.25, 0.3) is 0 Å². The average Bonchev–Trinajstić information content (AvgIpc) is 2.94. The highest BCUT2D eigenvalue weighted by atomic mass is 16.5. The maximum atomic E-state index is 12.3. The summed E-state index contributed by atoms with van der Waals surface area (Å²) in [6, 6.07) is 11.6. The number of hydrogen-bond acceptors (Lipinski definition) is 4.